The van der Waals surface area contributed by atoms with Gasteiger partial charge in [-0.3, -0.25) is 15.4 Å². The van der Waals surface area contributed by atoms with Gasteiger partial charge in [-0.15, -0.1) is 0 Å². The third-order valence-corrected chi connectivity index (χ3v) is 9.01. The predicted molar refractivity (Wildman–Crippen MR) is 139 cm³/mol. The van der Waals surface area contributed by atoms with Gasteiger partial charge in [-0.05, 0) is 43.0 Å². The molecule has 198 valence electrons. The zero-order valence-corrected chi connectivity index (χ0v) is 22.3. The lowest BCUT2D eigenvalue weighted by molar-refractivity contribution is -0.142. The molecule has 0 fully saturated rings. The van der Waals surface area contributed by atoms with Crippen LogP contribution in [0.2, 0.25) is 0 Å². The minimum atomic E-state index is -3.70. The summed E-state index contributed by atoms with van der Waals surface area (Å²) in [5.74, 6) is -0.771. The molecule has 9 heteroatoms. The standard InChI is InChI=1S/C27H38N2O6S/c1-5-7-13-27(6-2)17-36(33,34)23-14-20(16-28-24(18(3)30)26(31)32)22(35-4)15-21(23)25(29-27)19-11-9-8-10-12-19/h8-12,14-15,18,24-25,28-30H,5-7,13,16-17H2,1-4H3,(H,31,32). The molecule has 4 N–H and O–H groups in total. The molecule has 1 aliphatic heterocycles. The number of sulfone groups is 1. The molecule has 0 spiro atoms. The Labute approximate surface area is 214 Å². The van der Waals surface area contributed by atoms with E-state index in [-0.39, 0.29) is 23.2 Å². The Morgan fingerprint density at radius 1 is 1.25 bits per heavy atom. The number of hydrogen-bond donors (Lipinski definition) is 4. The molecule has 3 rings (SSSR count). The van der Waals surface area contributed by atoms with Crippen LogP contribution >= 0.6 is 0 Å². The summed E-state index contributed by atoms with van der Waals surface area (Å²) in [4.78, 5) is 11.8. The predicted octanol–water partition coefficient (Wildman–Crippen LogP) is 3.42. The number of unbranched alkanes of at least 4 members (excludes halogenated alkanes) is 1. The number of aliphatic hydroxyl groups is 1. The fraction of sp³-hybridized carbons (Fsp3) is 0.519. The highest BCUT2D eigenvalue weighted by Crippen LogP contribution is 2.40. The van der Waals surface area contributed by atoms with E-state index in [1.807, 2.05) is 37.3 Å². The van der Waals surface area contributed by atoms with Crippen LogP contribution in [-0.2, 0) is 21.2 Å². The van der Waals surface area contributed by atoms with Gasteiger partial charge in [0.2, 0.25) is 0 Å². The van der Waals surface area contributed by atoms with Crippen molar-refractivity contribution in [3.05, 3.63) is 59.2 Å². The topological polar surface area (TPSA) is 125 Å². The highest BCUT2D eigenvalue weighted by molar-refractivity contribution is 7.91. The van der Waals surface area contributed by atoms with Gasteiger partial charge in [0.05, 0.1) is 29.9 Å². The molecule has 4 atom stereocenters. The second-order valence-electron chi connectivity index (χ2n) is 9.62. The van der Waals surface area contributed by atoms with E-state index in [1.54, 1.807) is 12.1 Å². The van der Waals surface area contributed by atoms with Gasteiger partial charge in [0.15, 0.2) is 9.84 Å². The largest absolute Gasteiger partial charge is 0.496 e. The Morgan fingerprint density at radius 3 is 2.50 bits per heavy atom. The number of nitrogens with one attached hydrogen (secondary N) is 2. The highest BCUT2D eigenvalue weighted by atomic mass is 32.2. The van der Waals surface area contributed by atoms with E-state index in [4.69, 9.17) is 4.74 Å². The van der Waals surface area contributed by atoms with E-state index in [0.29, 0.717) is 23.3 Å². The molecule has 1 aliphatic rings. The van der Waals surface area contributed by atoms with Crippen LogP contribution in [0.5, 0.6) is 5.75 Å². The summed E-state index contributed by atoms with van der Waals surface area (Å²) in [6, 6.07) is 11.6. The Kier molecular flexibility index (Phi) is 9.16. The Bertz CT molecular complexity index is 1150. The Balaban J connectivity index is 2.17. The summed E-state index contributed by atoms with van der Waals surface area (Å²) in [5, 5.41) is 25.8. The number of aliphatic hydroxyl groups excluding tert-OH is 1. The first kappa shape index (κ1) is 28.1. The molecule has 2 aromatic carbocycles. The van der Waals surface area contributed by atoms with Gasteiger partial charge >= 0.3 is 5.97 Å². The lowest BCUT2D eigenvalue weighted by Crippen LogP contribution is -2.50. The summed E-state index contributed by atoms with van der Waals surface area (Å²) in [7, 11) is -2.20. The van der Waals surface area contributed by atoms with E-state index in [1.165, 1.54) is 14.0 Å². The number of methoxy groups -OCH3 is 1. The van der Waals surface area contributed by atoms with Crippen molar-refractivity contribution in [2.75, 3.05) is 12.9 Å². The van der Waals surface area contributed by atoms with E-state index in [0.717, 1.165) is 24.8 Å². The number of carboxylic acid groups (broad SMARTS) is 1. The van der Waals surface area contributed by atoms with Crippen LogP contribution in [0.3, 0.4) is 0 Å². The minimum Gasteiger partial charge on any atom is -0.496 e. The lowest BCUT2D eigenvalue weighted by atomic mass is 9.88. The zero-order valence-electron chi connectivity index (χ0n) is 21.5. The number of carboxylic acids is 1. The smallest absolute Gasteiger partial charge is 0.323 e. The molecule has 0 aromatic heterocycles. The number of fused-ring (bicyclic) bond motifs is 1. The molecule has 0 saturated carbocycles. The number of ether oxygens (including phenoxy) is 1. The molecule has 36 heavy (non-hydrogen) atoms. The summed E-state index contributed by atoms with van der Waals surface area (Å²) >= 11 is 0. The summed E-state index contributed by atoms with van der Waals surface area (Å²) in [6.45, 7) is 5.53. The van der Waals surface area contributed by atoms with Crippen molar-refractivity contribution >= 4 is 15.8 Å². The molecule has 0 amide bonds. The molecule has 0 radical (unpaired) electrons. The molecule has 4 unspecified atom stereocenters. The molecular formula is C27H38N2O6S. The van der Waals surface area contributed by atoms with Gasteiger partial charge in [0.25, 0.3) is 0 Å². The van der Waals surface area contributed by atoms with E-state index in [9.17, 15) is 23.4 Å². The minimum absolute atomic E-state index is 0.0199. The molecule has 0 aliphatic carbocycles. The fourth-order valence-electron chi connectivity index (χ4n) is 4.94. The number of rotatable bonds is 11. The lowest BCUT2D eigenvalue weighted by Gasteiger charge is -2.36. The second kappa shape index (κ2) is 11.7. The van der Waals surface area contributed by atoms with Gasteiger partial charge in [0.1, 0.15) is 11.8 Å². The van der Waals surface area contributed by atoms with Crippen LogP contribution < -0.4 is 15.4 Å². The third-order valence-electron chi connectivity index (χ3n) is 7.06. The van der Waals surface area contributed by atoms with E-state index >= 15 is 0 Å². The monoisotopic (exact) mass is 518 g/mol. The highest BCUT2D eigenvalue weighted by Gasteiger charge is 2.42. The van der Waals surface area contributed by atoms with Crippen LogP contribution in [0.25, 0.3) is 0 Å². The third kappa shape index (κ3) is 6.08. The Hall–Kier alpha value is -2.46. The summed E-state index contributed by atoms with van der Waals surface area (Å²) in [6.07, 6.45) is 2.13. The molecule has 8 nitrogen and oxygen atoms in total. The van der Waals surface area contributed by atoms with Gasteiger partial charge in [-0.2, -0.15) is 0 Å². The first-order chi connectivity index (χ1) is 17.1. The summed E-state index contributed by atoms with van der Waals surface area (Å²) < 4.78 is 33.4. The van der Waals surface area contributed by atoms with Crippen molar-refractivity contribution in [3.8, 4) is 5.75 Å². The number of carbonyl (C=O) groups is 1. The second-order valence-corrected chi connectivity index (χ2v) is 11.6. The van der Waals surface area contributed by atoms with Gasteiger partial charge in [0, 0.05) is 17.6 Å². The van der Waals surface area contributed by atoms with Gasteiger partial charge < -0.3 is 14.9 Å². The first-order valence-corrected chi connectivity index (χ1v) is 14.1. The average molecular weight is 519 g/mol. The van der Waals surface area contributed by atoms with Crippen LogP contribution in [0.4, 0.5) is 0 Å². The fourth-order valence-corrected chi connectivity index (χ4v) is 7.11. The van der Waals surface area contributed by atoms with Crippen molar-refractivity contribution in [1.82, 2.24) is 10.6 Å². The number of benzene rings is 2. The maximum atomic E-state index is 13.9. The van der Waals surface area contributed by atoms with Crippen molar-refractivity contribution in [2.24, 2.45) is 0 Å². The zero-order chi connectivity index (χ0) is 26.5. The maximum absolute atomic E-state index is 13.9. The van der Waals surface area contributed by atoms with Crippen LogP contribution in [0.1, 0.15) is 69.2 Å². The van der Waals surface area contributed by atoms with E-state index in [2.05, 4.69) is 17.6 Å². The van der Waals surface area contributed by atoms with Crippen LogP contribution in [0.15, 0.2) is 47.4 Å². The van der Waals surface area contributed by atoms with Crippen molar-refractivity contribution in [1.29, 1.82) is 0 Å². The molecular weight excluding hydrogens is 480 g/mol. The van der Waals surface area contributed by atoms with Crippen molar-refractivity contribution < 1.29 is 28.2 Å². The van der Waals surface area contributed by atoms with Gasteiger partial charge in [-0.25, -0.2) is 8.42 Å². The maximum Gasteiger partial charge on any atom is 0.323 e. The molecule has 0 bridgehead atoms. The summed E-state index contributed by atoms with van der Waals surface area (Å²) in [5.41, 5.74) is 1.48. The SMILES string of the molecule is CCCCC1(CC)CS(=O)(=O)c2cc(CNC(C(=O)O)C(C)O)c(OC)cc2C(c2ccccc2)N1. The van der Waals surface area contributed by atoms with Crippen LogP contribution in [-0.4, -0.2) is 55.1 Å². The quantitative estimate of drug-likeness (QED) is 0.357. The van der Waals surface area contributed by atoms with Gasteiger partial charge in [-0.1, -0.05) is 57.0 Å². The Morgan fingerprint density at radius 2 is 1.94 bits per heavy atom. The molecule has 0 saturated heterocycles. The van der Waals surface area contributed by atoms with Crippen molar-refractivity contribution in [3.63, 3.8) is 0 Å². The molecule has 2 aromatic rings. The first-order valence-electron chi connectivity index (χ1n) is 12.5. The van der Waals surface area contributed by atoms with Crippen molar-refractivity contribution in [2.45, 2.75) is 81.6 Å². The van der Waals surface area contributed by atoms with E-state index < -0.39 is 33.5 Å². The number of hydrogen-bond acceptors (Lipinski definition) is 7. The average Bonchev–Trinajstić information content (AvgIpc) is 2.94. The molecule has 1 heterocycles. The van der Waals surface area contributed by atoms with Crippen LogP contribution in [0, 0.1) is 0 Å². The normalized spacial score (nSPS) is 22.8. The number of aliphatic carboxylic acids is 1.